The van der Waals surface area contributed by atoms with Crippen LogP contribution in [0.3, 0.4) is 0 Å². The number of β-lactam (4-membered cyclic amide) rings is 1. The lowest BCUT2D eigenvalue weighted by atomic mass is 10.1. The highest BCUT2D eigenvalue weighted by atomic mass is 32.2. The van der Waals surface area contributed by atoms with E-state index in [-0.39, 0.29) is 28.2 Å². The van der Waals surface area contributed by atoms with Gasteiger partial charge in [-0.2, -0.15) is 12.6 Å². The third-order valence-electron chi connectivity index (χ3n) is 3.58. The van der Waals surface area contributed by atoms with E-state index < -0.39 is 16.9 Å². The van der Waals surface area contributed by atoms with Gasteiger partial charge in [0.15, 0.2) is 6.04 Å². The zero-order valence-corrected chi connectivity index (χ0v) is 13.0. The summed E-state index contributed by atoms with van der Waals surface area (Å²) in [6, 6.07) is 5.10. The number of ether oxygens (including phenoxy) is 1. The molecule has 3 atom stereocenters. The zero-order chi connectivity index (χ0) is 15.9. The van der Waals surface area contributed by atoms with Gasteiger partial charge in [0, 0.05) is 12.1 Å². The molecule has 7 nitrogen and oxygen atoms in total. The van der Waals surface area contributed by atoms with Gasteiger partial charge in [-0.15, -0.1) is 11.8 Å². The smallest absolute Gasteiger partial charge is 0.331 e. The Morgan fingerprint density at radius 1 is 1.45 bits per heavy atom. The average molecular weight is 340 g/mol. The van der Waals surface area contributed by atoms with E-state index in [1.807, 2.05) is 0 Å². The van der Waals surface area contributed by atoms with E-state index in [9.17, 15) is 19.7 Å². The van der Waals surface area contributed by atoms with Crippen LogP contribution in [0.25, 0.3) is 0 Å². The van der Waals surface area contributed by atoms with Crippen molar-refractivity contribution in [3.8, 4) is 0 Å². The topological polar surface area (TPSA) is 89.7 Å². The molecule has 2 aliphatic heterocycles. The summed E-state index contributed by atoms with van der Waals surface area (Å²) in [6.07, 6.45) is 0.438. The second kappa shape index (κ2) is 5.81. The van der Waals surface area contributed by atoms with Crippen LogP contribution in [0.4, 0.5) is 5.69 Å². The molecule has 0 aliphatic carbocycles. The maximum absolute atomic E-state index is 12.2. The summed E-state index contributed by atoms with van der Waals surface area (Å²) >= 11 is 5.81. The Hall–Kier alpha value is -1.74. The number of esters is 1. The standard InChI is InChI=1S/C13H12N2O5S2/c16-9-5-10-14(9)11(13(21)22-10)12(17)20-6-7-1-3-8(4-2-7)15(18)19/h1-4,10-11,13,21H,5-6H2. The summed E-state index contributed by atoms with van der Waals surface area (Å²) in [6.45, 7) is 0.00515. The zero-order valence-electron chi connectivity index (χ0n) is 11.2. The molecule has 0 bridgehead atoms. The van der Waals surface area contributed by atoms with Crippen LogP contribution in [-0.4, -0.2) is 37.7 Å². The van der Waals surface area contributed by atoms with E-state index in [0.29, 0.717) is 12.0 Å². The lowest BCUT2D eigenvalue weighted by Crippen LogP contribution is -2.55. The first-order valence-electron chi connectivity index (χ1n) is 6.52. The molecule has 116 valence electrons. The third kappa shape index (κ3) is 2.66. The van der Waals surface area contributed by atoms with E-state index in [0.717, 1.165) is 0 Å². The Morgan fingerprint density at radius 2 is 2.14 bits per heavy atom. The van der Waals surface area contributed by atoms with Crippen LogP contribution in [0.15, 0.2) is 24.3 Å². The Labute approximate surface area is 135 Å². The molecule has 0 radical (unpaired) electrons. The van der Waals surface area contributed by atoms with Crippen LogP contribution in [0, 0.1) is 10.1 Å². The molecule has 9 heteroatoms. The summed E-state index contributed by atoms with van der Waals surface area (Å²) in [5.41, 5.74) is 0.624. The van der Waals surface area contributed by atoms with Crippen molar-refractivity contribution in [2.45, 2.75) is 29.0 Å². The maximum Gasteiger partial charge on any atom is 0.331 e. The molecule has 3 rings (SSSR count). The van der Waals surface area contributed by atoms with Crippen molar-refractivity contribution in [1.29, 1.82) is 0 Å². The van der Waals surface area contributed by atoms with Gasteiger partial charge >= 0.3 is 5.97 Å². The molecule has 2 fully saturated rings. The van der Waals surface area contributed by atoms with Crippen LogP contribution in [-0.2, 0) is 20.9 Å². The Balaban J connectivity index is 1.60. The summed E-state index contributed by atoms with van der Waals surface area (Å²) in [5.74, 6) is -0.562. The van der Waals surface area contributed by atoms with E-state index in [2.05, 4.69) is 12.6 Å². The van der Waals surface area contributed by atoms with Crippen molar-refractivity contribution in [2.75, 3.05) is 0 Å². The van der Waals surface area contributed by atoms with Crippen molar-refractivity contribution in [2.24, 2.45) is 0 Å². The van der Waals surface area contributed by atoms with E-state index in [4.69, 9.17) is 4.74 Å². The molecule has 22 heavy (non-hydrogen) atoms. The van der Waals surface area contributed by atoms with Crippen molar-refractivity contribution in [3.63, 3.8) is 0 Å². The number of benzene rings is 1. The first-order chi connectivity index (χ1) is 10.5. The monoisotopic (exact) mass is 340 g/mol. The fourth-order valence-corrected chi connectivity index (χ4v) is 4.42. The van der Waals surface area contributed by atoms with Gasteiger partial charge in [-0.3, -0.25) is 14.9 Å². The molecular weight excluding hydrogens is 328 g/mol. The molecule has 1 aromatic carbocycles. The minimum atomic E-state index is -0.669. The van der Waals surface area contributed by atoms with Gasteiger partial charge in [0.1, 0.15) is 6.61 Å². The van der Waals surface area contributed by atoms with Crippen LogP contribution in [0.2, 0.25) is 0 Å². The number of fused-ring (bicyclic) bond motifs is 1. The lowest BCUT2D eigenvalue weighted by molar-refractivity contribution is -0.384. The molecule has 1 amide bonds. The molecule has 2 heterocycles. The number of nitro benzene ring substituents is 1. The van der Waals surface area contributed by atoms with Crippen LogP contribution in [0.5, 0.6) is 0 Å². The predicted octanol–water partition coefficient (Wildman–Crippen LogP) is 1.57. The molecule has 0 N–H and O–H groups in total. The van der Waals surface area contributed by atoms with Gasteiger partial charge < -0.3 is 9.64 Å². The highest BCUT2D eigenvalue weighted by Crippen LogP contribution is 2.45. The minimum Gasteiger partial charge on any atom is -0.459 e. The first-order valence-corrected chi connectivity index (χ1v) is 7.98. The molecule has 3 unspecified atom stereocenters. The Kier molecular flexibility index (Phi) is 4.00. The van der Waals surface area contributed by atoms with Gasteiger partial charge in [-0.25, -0.2) is 4.79 Å². The van der Waals surface area contributed by atoms with Crippen LogP contribution >= 0.6 is 24.4 Å². The largest absolute Gasteiger partial charge is 0.459 e. The predicted molar refractivity (Wildman–Crippen MR) is 82.3 cm³/mol. The summed E-state index contributed by atoms with van der Waals surface area (Å²) in [4.78, 5) is 35.3. The molecule has 1 aromatic rings. The molecule has 2 saturated heterocycles. The number of rotatable bonds is 4. The number of thiol groups is 1. The van der Waals surface area contributed by atoms with Gasteiger partial charge in [0.2, 0.25) is 5.91 Å². The highest BCUT2D eigenvalue weighted by Gasteiger charge is 2.54. The number of carbonyl (C=O) groups excluding carboxylic acids is 2. The fourth-order valence-electron chi connectivity index (χ4n) is 2.41. The fraction of sp³-hybridized carbons (Fsp3) is 0.385. The number of hydrogen-bond acceptors (Lipinski definition) is 7. The van der Waals surface area contributed by atoms with Gasteiger partial charge in [0.25, 0.3) is 5.69 Å². The Bertz CT molecular complexity index is 636. The molecular formula is C13H12N2O5S2. The van der Waals surface area contributed by atoms with Crippen molar-refractivity contribution < 1.29 is 19.2 Å². The number of non-ortho nitro benzene ring substituents is 1. The second-order valence-corrected chi connectivity index (χ2v) is 7.19. The third-order valence-corrected chi connectivity index (χ3v) is 5.48. The molecule has 2 aliphatic rings. The highest BCUT2D eigenvalue weighted by molar-refractivity contribution is 8.11. The normalized spacial score (nSPS) is 26.3. The molecule has 0 aromatic heterocycles. The number of hydrogen-bond donors (Lipinski definition) is 1. The number of thioether (sulfide) groups is 1. The summed E-state index contributed by atoms with van der Waals surface area (Å²) < 4.78 is 4.93. The van der Waals surface area contributed by atoms with E-state index in [1.165, 1.54) is 40.9 Å². The number of amides is 1. The molecule has 0 spiro atoms. The Morgan fingerprint density at radius 3 is 2.73 bits per heavy atom. The quantitative estimate of drug-likeness (QED) is 0.294. The van der Waals surface area contributed by atoms with Crippen molar-refractivity contribution in [1.82, 2.24) is 4.90 Å². The minimum absolute atomic E-state index is 0.00515. The second-order valence-electron chi connectivity index (χ2n) is 4.96. The first kappa shape index (κ1) is 15.2. The van der Waals surface area contributed by atoms with Gasteiger partial charge in [-0.1, -0.05) is 0 Å². The molecule has 0 saturated carbocycles. The van der Waals surface area contributed by atoms with Crippen LogP contribution in [0.1, 0.15) is 12.0 Å². The SMILES string of the molecule is O=C(OCc1ccc([N+](=O)[O-])cc1)C1C(S)SC2CC(=O)N21. The number of nitrogens with zero attached hydrogens (tertiary/aromatic N) is 2. The van der Waals surface area contributed by atoms with Crippen LogP contribution < -0.4 is 0 Å². The summed E-state index contributed by atoms with van der Waals surface area (Å²) in [5, 5.41) is 10.6. The average Bonchev–Trinajstić information content (AvgIpc) is 2.76. The van der Waals surface area contributed by atoms with Crippen molar-refractivity contribution >= 4 is 42.0 Å². The maximum atomic E-state index is 12.2. The van der Waals surface area contributed by atoms with E-state index >= 15 is 0 Å². The van der Waals surface area contributed by atoms with Gasteiger partial charge in [-0.05, 0) is 17.7 Å². The van der Waals surface area contributed by atoms with Crippen molar-refractivity contribution in [3.05, 3.63) is 39.9 Å². The number of nitro groups is 1. The lowest BCUT2D eigenvalue weighted by Gasteiger charge is -2.36. The van der Waals surface area contributed by atoms with Gasteiger partial charge in [0.05, 0.1) is 21.3 Å². The number of carbonyl (C=O) groups is 2. The summed E-state index contributed by atoms with van der Waals surface area (Å²) in [7, 11) is 0. The van der Waals surface area contributed by atoms with E-state index in [1.54, 1.807) is 0 Å².